The van der Waals surface area contributed by atoms with E-state index < -0.39 is 12.1 Å². The van der Waals surface area contributed by atoms with Crippen LogP contribution >= 0.6 is 0 Å². The van der Waals surface area contributed by atoms with E-state index in [9.17, 15) is 9.59 Å². The Morgan fingerprint density at radius 3 is 1.79 bits per heavy atom. The van der Waals surface area contributed by atoms with Gasteiger partial charge in [0.15, 0.2) is 0 Å². The van der Waals surface area contributed by atoms with Crippen LogP contribution in [0.5, 0.6) is 11.5 Å². The Bertz CT molecular complexity index is 751. The fraction of sp³-hybridized carbons (Fsp3) is 0.222. The van der Waals surface area contributed by atoms with Gasteiger partial charge in [-0.15, -0.1) is 12.7 Å². The van der Waals surface area contributed by atoms with E-state index in [1.165, 1.54) is 14.2 Å². The number of carbonyl (C=O) groups is 2. The summed E-state index contributed by atoms with van der Waals surface area (Å²) in [7, 11) is 6.50. The summed E-state index contributed by atoms with van der Waals surface area (Å²) in [4.78, 5) is 21.3. The van der Waals surface area contributed by atoms with Gasteiger partial charge in [0.2, 0.25) is 0 Å². The van der Waals surface area contributed by atoms with Crippen LogP contribution < -0.4 is 66.4 Å². The topological polar surface area (TPSA) is 155 Å². The number of nitrogens with zero attached hydrogens (tertiary/aromatic N) is 1. The molecule has 10 nitrogen and oxygen atoms in total. The van der Waals surface area contributed by atoms with Crippen molar-refractivity contribution in [3.05, 3.63) is 41.7 Å². The SMILES string of the molecule is CNc1ccc(OC)c(NC(N)=O)c1.C[N-]c1ccc(OC)c(NC(N)=O)c1.[Na+]. The number of ether oxygens (including phenoxy) is 2. The van der Waals surface area contributed by atoms with Crippen molar-refractivity contribution < 1.29 is 48.6 Å². The van der Waals surface area contributed by atoms with Crippen molar-refractivity contribution in [2.75, 3.05) is 44.3 Å². The van der Waals surface area contributed by atoms with E-state index in [2.05, 4.69) is 21.3 Å². The summed E-state index contributed by atoms with van der Waals surface area (Å²) < 4.78 is 10.1. The molecule has 0 spiro atoms. The van der Waals surface area contributed by atoms with Crippen LogP contribution in [0.4, 0.5) is 32.3 Å². The second-order valence-electron chi connectivity index (χ2n) is 5.25. The van der Waals surface area contributed by atoms with E-state index in [1.54, 1.807) is 44.4 Å². The van der Waals surface area contributed by atoms with Crippen LogP contribution in [0.3, 0.4) is 0 Å². The number of hydrogen-bond acceptors (Lipinski definition) is 5. The van der Waals surface area contributed by atoms with Crippen LogP contribution in [-0.2, 0) is 0 Å². The summed E-state index contributed by atoms with van der Waals surface area (Å²) in [6.07, 6.45) is 0. The number of amides is 4. The molecule has 0 bridgehead atoms. The van der Waals surface area contributed by atoms with Gasteiger partial charge in [-0.2, -0.15) is 0 Å². The van der Waals surface area contributed by atoms with Gasteiger partial charge >= 0.3 is 41.6 Å². The van der Waals surface area contributed by atoms with Gasteiger partial charge in [0.1, 0.15) is 11.5 Å². The molecule has 2 rings (SSSR count). The first-order valence-corrected chi connectivity index (χ1v) is 8.11. The van der Waals surface area contributed by atoms with Crippen LogP contribution in [0.2, 0.25) is 0 Å². The zero-order valence-corrected chi connectivity index (χ0v) is 19.2. The summed E-state index contributed by atoms with van der Waals surface area (Å²) in [5.74, 6) is 1.12. The maximum atomic E-state index is 10.7. The molecule has 0 saturated carbocycles. The molecule has 0 fully saturated rings. The van der Waals surface area contributed by atoms with Crippen LogP contribution in [0.15, 0.2) is 36.4 Å². The minimum absolute atomic E-state index is 0. The van der Waals surface area contributed by atoms with Gasteiger partial charge < -0.3 is 42.2 Å². The van der Waals surface area contributed by atoms with Crippen molar-refractivity contribution in [2.45, 2.75) is 0 Å². The molecule has 4 amide bonds. The fourth-order valence-corrected chi connectivity index (χ4v) is 2.16. The molecule has 0 heterocycles. The maximum Gasteiger partial charge on any atom is 1.00 e. The van der Waals surface area contributed by atoms with Gasteiger partial charge in [0.25, 0.3) is 0 Å². The normalized spacial score (nSPS) is 8.97. The predicted octanol–water partition coefficient (Wildman–Crippen LogP) is 0.0523. The third kappa shape index (κ3) is 8.81. The third-order valence-electron chi connectivity index (χ3n) is 3.45. The molecule has 11 heteroatoms. The zero-order valence-electron chi connectivity index (χ0n) is 17.2. The largest absolute Gasteiger partial charge is 1.00 e. The maximum absolute atomic E-state index is 10.7. The summed E-state index contributed by atoms with van der Waals surface area (Å²) >= 11 is 0. The standard InChI is InChI=1S/C9H13N3O2.C9H12N3O2.Na/c2*1-11-6-3-4-8(14-2)7(5-6)12-9(10)13;/h3-5,11H,1-2H3,(H3,10,12,13);3-5H,1-2H3,(H3,10,12,13);/q;-1;+1. The molecule has 0 unspecified atom stereocenters. The van der Waals surface area contributed by atoms with E-state index in [0.717, 1.165) is 11.4 Å². The number of rotatable bonds is 6. The van der Waals surface area contributed by atoms with Crippen LogP contribution in [0, 0.1) is 0 Å². The Balaban J connectivity index is 0.000000523. The molecule has 0 radical (unpaired) electrons. The molecule has 0 saturated heterocycles. The van der Waals surface area contributed by atoms with Crippen LogP contribution in [0.1, 0.15) is 0 Å². The Kier molecular flexibility index (Phi) is 12.1. The average molecular weight is 412 g/mol. The smallest absolute Gasteiger partial charge is 0.687 e. The summed E-state index contributed by atoms with van der Waals surface area (Å²) in [5, 5.41) is 11.8. The first-order chi connectivity index (χ1) is 13.3. The van der Waals surface area contributed by atoms with E-state index in [0.29, 0.717) is 22.9 Å². The third-order valence-corrected chi connectivity index (χ3v) is 3.45. The van der Waals surface area contributed by atoms with Gasteiger partial charge in [-0.3, -0.25) is 0 Å². The Morgan fingerprint density at radius 2 is 1.38 bits per heavy atom. The summed E-state index contributed by atoms with van der Waals surface area (Å²) in [6.45, 7) is 0. The van der Waals surface area contributed by atoms with E-state index in [4.69, 9.17) is 20.9 Å². The molecule has 0 atom stereocenters. The molecule has 152 valence electrons. The number of nitrogens with one attached hydrogen (secondary N) is 3. The molecule has 7 N–H and O–H groups in total. The Labute approximate surface area is 192 Å². The number of nitrogens with two attached hydrogens (primary N) is 2. The second-order valence-corrected chi connectivity index (χ2v) is 5.25. The zero-order chi connectivity index (χ0) is 21.1. The van der Waals surface area contributed by atoms with Crippen LogP contribution in [0.25, 0.3) is 5.32 Å². The van der Waals surface area contributed by atoms with E-state index in [1.807, 2.05) is 6.07 Å². The fourth-order valence-electron chi connectivity index (χ4n) is 2.16. The quantitative estimate of drug-likeness (QED) is 0.424. The molecule has 2 aromatic carbocycles. The minimum Gasteiger partial charge on any atom is -0.687 e. The Morgan fingerprint density at radius 1 is 0.897 bits per heavy atom. The summed E-state index contributed by atoms with van der Waals surface area (Å²) in [5.41, 5.74) is 12.7. The first kappa shape index (κ1) is 26.2. The van der Waals surface area contributed by atoms with Crippen molar-refractivity contribution in [1.29, 1.82) is 0 Å². The van der Waals surface area contributed by atoms with E-state index >= 15 is 0 Å². The average Bonchev–Trinajstić information content (AvgIpc) is 2.67. The minimum atomic E-state index is -0.628. The molecule has 0 aromatic heterocycles. The molecule has 0 aliphatic heterocycles. The van der Waals surface area contributed by atoms with Crippen molar-refractivity contribution >= 4 is 34.8 Å². The number of benzene rings is 2. The van der Waals surface area contributed by atoms with Crippen molar-refractivity contribution in [3.63, 3.8) is 0 Å². The molecule has 0 aliphatic rings. The van der Waals surface area contributed by atoms with Crippen molar-refractivity contribution in [2.24, 2.45) is 11.5 Å². The molecule has 0 aliphatic carbocycles. The van der Waals surface area contributed by atoms with Gasteiger partial charge in [-0.25, -0.2) is 9.59 Å². The number of urea groups is 2. The molecular weight excluding hydrogens is 387 g/mol. The number of carbonyl (C=O) groups excluding carboxylic acids is 2. The van der Waals surface area contributed by atoms with Crippen molar-refractivity contribution in [1.82, 2.24) is 0 Å². The Hall–Kier alpha value is -2.82. The predicted molar refractivity (Wildman–Crippen MR) is 111 cm³/mol. The summed E-state index contributed by atoms with van der Waals surface area (Å²) in [6, 6.07) is 9.27. The molecular formula is C18H25N6NaO4. The van der Waals surface area contributed by atoms with Gasteiger partial charge in [-0.1, -0.05) is 6.07 Å². The number of primary amides is 2. The van der Waals surface area contributed by atoms with Crippen molar-refractivity contribution in [3.8, 4) is 11.5 Å². The second kappa shape index (κ2) is 13.4. The molecule has 2 aromatic rings. The van der Waals surface area contributed by atoms with Gasteiger partial charge in [-0.05, 0) is 30.3 Å². The van der Waals surface area contributed by atoms with Gasteiger partial charge in [0, 0.05) is 12.7 Å². The monoisotopic (exact) mass is 412 g/mol. The molecule has 29 heavy (non-hydrogen) atoms. The number of anilines is 3. The van der Waals surface area contributed by atoms with Crippen LogP contribution in [-0.4, -0.2) is 40.4 Å². The van der Waals surface area contributed by atoms with E-state index in [-0.39, 0.29) is 29.6 Å². The van der Waals surface area contributed by atoms with Gasteiger partial charge in [0.05, 0.1) is 25.6 Å². The number of methoxy groups -OCH3 is 2. The number of hydrogen-bond donors (Lipinski definition) is 5. The first-order valence-electron chi connectivity index (χ1n) is 8.11.